The third-order valence-electron chi connectivity index (χ3n) is 2.80. The van der Waals surface area contributed by atoms with Crippen LogP contribution in [0.4, 0.5) is 0 Å². The van der Waals surface area contributed by atoms with Crippen LogP contribution < -0.4 is 10.6 Å². The lowest BCUT2D eigenvalue weighted by Gasteiger charge is -2.10. The van der Waals surface area contributed by atoms with Gasteiger partial charge in [0.2, 0.25) is 11.8 Å². The molecule has 1 heterocycles. The molecule has 2 rings (SSSR count). The van der Waals surface area contributed by atoms with Crippen LogP contribution in [0.5, 0.6) is 0 Å². The molecule has 94 valence electrons. The lowest BCUT2D eigenvalue weighted by atomic mass is 10.3. The molecule has 1 fully saturated rings. The molecule has 1 aromatic heterocycles. The summed E-state index contributed by atoms with van der Waals surface area (Å²) in [6.07, 6.45) is 4.24. The number of aryl methyl sites for hydroxylation is 1. The molecule has 1 aliphatic carbocycles. The number of rotatable bonds is 6. The molecule has 1 atom stereocenters. The quantitative estimate of drug-likeness (QED) is 0.779. The molecule has 2 N–H and O–H groups in total. The van der Waals surface area contributed by atoms with E-state index < -0.39 is 0 Å². The molecule has 5 heteroatoms. The molecule has 1 aliphatic rings. The van der Waals surface area contributed by atoms with Crippen LogP contribution in [0.3, 0.4) is 0 Å². The van der Waals surface area contributed by atoms with Crippen LogP contribution in [0.15, 0.2) is 10.6 Å². The van der Waals surface area contributed by atoms with Gasteiger partial charge in [-0.05, 0) is 39.2 Å². The van der Waals surface area contributed by atoms with Gasteiger partial charge >= 0.3 is 0 Å². The van der Waals surface area contributed by atoms with E-state index in [2.05, 4.69) is 15.6 Å². The number of carbonyl (C=O) groups excluding carboxylic acids is 1. The number of nitrogens with one attached hydrogen (secondary N) is 2. The summed E-state index contributed by atoms with van der Waals surface area (Å²) in [5.74, 6) is 2.08. The Bertz CT molecular complexity index is 385. The first-order valence-corrected chi connectivity index (χ1v) is 6.07. The molecule has 0 radical (unpaired) electrons. The van der Waals surface area contributed by atoms with E-state index in [0.29, 0.717) is 12.4 Å². The van der Waals surface area contributed by atoms with Crippen molar-refractivity contribution in [3.63, 3.8) is 0 Å². The first kappa shape index (κ1) is 12.1. The minimum atomic E-state index is -0.182. The van der Waals surface area contributed by atoms with Crippen molar-refractivity contribution in [3.05, 3.63) is 17.8 Å². The summed E-state index contributed by atoms with van der Waals surface area (Å²) in [6, 6.07) is -0.182. The van der Waals surface area contributed by atoms with Gasteiger partial charge in [-0.1, -0.05) is 0 Å². The molecule has 1 unspecified atom stereocenters. The zero-order valence-electron chi connectivity index (χ0n) is 10.3. The number of nitrogens with zero attached hydrogens (tertiary/aromatic N) is 1. The second-order valence-corrected chi connectivity index (χ2v) is 4.67. The first-order valence-electron chi connectivity index (χ1n) is 6.07. The van der Waals surface area contributed by atoms with Crippen molar-refractivity contribution in [1.29, 1.82) is 0 Å². The van der Waals surface area contributed by atoms with Crippen LogP contribution in [0.1, 0.15) is 37.5 Å². The summed E-state index contributed by atoms with van der Waals surface area (Å²) < 4.78 is 5.35. The monoisotopic (exact) mass is 237 g/mol. The van der Waals surface area contributed by atoms with Gasteiger partial charge in [0.25, 0.3) is 0 Å². The number of hydrogen-bond acceptors (Lipinski definition) is 4. The lowest BCUT2D eigenvalue weighted by molar-refractivity contribution is -0.121. The largest absolute Gasteiger partial charge is 0.444 e. The van der Waals surface area contributed by atoms with Gasteiger partial charge in [-0.2, -0.15) is 0 Å². The average molecular weight is 237 g/mol. The van der Waals surface area contributed by atoms with Gasteiger partial charge in [0.05, 0.1) is 12.7 Å². The van der Waals surface area contributed by atoms with Crippen molar-refractivity contribution in [1.82, 2.24) is 15.6 Å². The van der Waals surface area contributed by atoms with Gasteiger partial charge in [0.1, 0.15) is 11.8 Å². The topological polar surface area (TPSA) is 67.2 Å². The van der Waals surface area contributed by atoms with Crippen LogP contribution in [0, 0.1) is 12.8 Å². The van der Waals surface area contributed by atoms with Gasteiger partial charge in [-0.25, -0.2) is 4.98 Å². The molecule has 17 heavy (non-hydrogen) atoms. The number of amides is 1. The van der Waals surface area contributed by atoms with E-state index in [-0.39, 0.29) is 11.9 Å². The number of aromatic nitrogens is 1. The number of hydrogen-bond donors (Lipinski definition) is 2. The van der Waals surface area contributed by atoms with E-state index in [9.17, 15) is 4.79 Å². The summed E-state index contributed by atoms with van der Waals surface area (Å²) in [7, 11) is 0. The van der Waals surface area contributed by atoms with Gasteiger partial charge < -0.3 is 15.1 Å². The van der Waals surface area contributed by atoms with Crippen molar-refractivity contribution >= 4 is 5.91 Å². The standard InChI is InChI=1S/C12H19N3O2/c1-8-5-14-12(17-8)9(2)15-11(16)7-13-6-10-3-4-10/h5,9-10,13H,3-4,6-7H2,1-2H3,(H,15,16). The Labute approximate surface area is 101 Å². The maximum absolute atomic E-state index is 11.6. The van der Waals surface area contributed by atoms with Crippen LogP contribution in [0.25, 0.3) is 0 Å². The Morgan fingerprint density at radius 2 is 2.41 bits per heavy atom. The fourth-order valence-electron chi connectivity index (χ4n) is 1.64. The number of carbonyl (C=O) groups is 1. The Kier molecular flexibility index (Phi) is 3.78. The normalized spacial score (nSPS) is 16.8. The van der Waals surface area contributed by atoms with Crippen molar-refractivity contribution in [2.24, 2.45) is 5.92 Å². The summed E-state index contributed by atoms with van der Waals surface area (Å²) in [5.41, 5.74) is 0. The molecule has 1 saturated carbocycles. The second-order valence-electron chi connectivity index (χ2n) is 4.67. The maximum Gasteiger partial charge on any atom is 0.234 e. The molecule has 0 bridgehead atoms. The van der Waals surface area contributed by atoms with E-state index in [0.717, 1.165) is 18.2 Å². The highest BCUT2D eigenvalue weighted by Crippen LogP contribution is 2.27. The van der Waals surface area contributed by atoms with E-state index in [1.54, 1.807) is 6.20 Å². The molecule has 0 aromatic carbocycles. The summed E-state index contributed by atoms with van der Waals surface area (Å²) in [5, 5.41) is 5.99. The molecule has 0 aliphatic heterocycles. The summed E-state index contributed by atoms with van der Waals surface area (Å²) >= 11 is 0. The van der Waals surface area contributed by atoms with E-state index >= 15 is 0 Å². The molecule has 0 spiro atoms. The van der Waals surface area contributed by atoms with Crippen LogP contribution >= 0.6 is 0 Å². The third-order valence-corrected chi connectivity index (χ3v) is 2.80. The highest BCUT2D eigenvalue weighted by atomic mass is 16.4. The molecule has 5 nitrogen and oxygen atoms in total. The Balaban J connectivity index is 1.69. The van der Waals surface area contributed by atoms with Crippen molar-refractivity contribution < 1.29 is 9.21 Å². The van der Waals surface area contributed by atoms with Crippen LogP contribution in [-0.2, 0) is 4.79 Å². The second kappa shape index (κ2) is 5.31. The lowest BCUT2D eigenvalue weighted by Crippen LogP contribution is -2.36. The van der Waals surface area contributed by atoms with Gasteiger partial charge in [-0.15, -0.1) is 0 Å². The summed E-state index contributed by atoms with van der Waals surface area (Å²) in [4.78, 5) is 15.7. The zero-order chi connectivity index (χ0) is 12.3. The van der Waals surface area contributed by atoms with Gasteiger partial charge in [0, 0.05) is 0 Å². The van der Waals surface area contributed by atoms with E-state index in [4.69, 9.17) is 4.42 Å². The molecular weight excluding hydrogens is 218 g/mol. The predicted molar refractivity (Wildman–Crippen MR) is 63.4 cm³/mol. The Morgan fingerprint density at radius 1 is 1.65 bits per heavy atom. The van der Waals surface area contributed by atoms with Crippen LogP contribution in [0.2, 0.25) is 0 Å². The van der Waals surface area contributed by atoms with E-state index in [1.807, 2.05) is 13.8 Å². The minimum Gasteiger partial charge on any atom is -0.444 e. The zero-order valence-corrected chi connectivity index (χ0v) is 10.3. The van der Waals surface area contributed by atoms with Crippen molar-refractivity contribution in [3.8, 4) is 0 Å². The Hall–Kier alpha value is -1.36. The predicted octanol–water partition coefficient (Wildman–Crippen LogP) is 1.16. The maximum atomic E-state index is 11.6. The highest BCUT2D eigenvalue weighted by molar-refractivity contribution is 5.78. The molecule has 1 amide bonds. The molecule has 1 aromatic rings. The average Bonchev–Trinajstić information content (AvgIpc) is 2.99. The van der Waals surface area contributed by atoms with Crippen LogP contribution in [-0.4, -0.2) is 24.0 Å². The molecule has 0 saturated heterocycles. The fourth-order valence-corrected chi connectivity index (χ4v) is 1.64. The van der Waals surface area contributed by atoms with Gasteiger partial charge in [-0.3, -0.25) is 4.79 Å². The summed E-state index contributed by atoms with van der Waals surface area (Å²) in [6.45, 7) is 5.01. The first-order chi connectivity index (χ1) is 8.15. The van der Waals surface area contributed by atoms with Crippen molar-refractivity contribution in [2.45, 2.75) is 32.7 Å². The Morgan fingerprint density at radius 3 is 3.00 bits per heavy atom. The smallest absolute Gasteiger partial charge is 0.234 e. The third kappa shape index (κ3) is 3.85. The van der Waals surface area contributed by atoms with E-state index in [1.165, 1.54) is 12.8 Å². The highest BCUT2D eigenvalue weighted by Gasteiger charge is 2.21. The van der Waals surface area contributed by atoms with Crippen molar-refractivity contribution in [2.75, 3.05) is 13.1 Å². The SMILES string of the molecule is Cc1cnc(C(C)NC(=O)CNCC2CC2)o1. The fraction of sp³-hybridized carbons (Fsp3) is 0.667. The minimum absolute atomic E-state index is 0.0194. The molecular formula is C12H19N3O2. The number of oxazole rings is 1. The van der Waals surface area contributed by atoms with Gasteiger partial charge in [0.15, 0.2) is 0 Å².